The van der Waals surface area contributed by atoms with Crippen molar-refractivity contribution in [3.8, 4) is 0 Å². The molecular weight excluding hydrogens is 220 g/mol. The molecule has 0 aliphatic carbocycles. The van der Waals surface area contributed by atoms with E-state index in [1.807, 2.05) is 24.3 Å². The Labute approximate surface area is 97.8 Å². The SMILES string of the molecule is N=C(N)SCCc1nncc2ccccc12. The number of hydrogen-bond donors (Lipinski definition) is 2. The molecule has 1 aromatic heterocycles. The fourth-order valence-corrected chi connectivity index (χ4v) is 2.04. The van der Waals surface area contributed by atoms with Gasteiger partial charge in [-0.15, -0.1) is 0 Å². The lowest BCUT2D eigenvalue weighted by Gasteiger charge is -2.03. The molecular formula is C11H12N4S. The van der Waals surface area contributed by atoms with Crippen LogP contribution in [0.15, 0.2) is 30.5 Å². The normalized spacial score (nSPS) is 10.5. The Balaban J connectivity index is 2.20. The van der Waals surface area contributed by atoms with Crippen LogP contribution in [0.4, 0.5) is 0 Å². The number of nitrogens with one attached hydrogen (secondary N) is 1. The van der Waals surface area contributed by atoms with Gasteiger partial charge in [0.25, 0.3) is 0 Å². The monoisotopic (exact) mass is 232 g/mol. The number of benzene rings is 1. The molecule has 4 nitrogen and oxygen atoms in total. The summed E-state index contributed by atoms with van der Waals surface area (Å²) >= 11 is 1.33. The first kappa shape index (κ1) is 10.9. The lowest BCUT2D eigenvalue weighted by molar-refractivity contribution is 0.946. The van der Waals surface area contributed by atoms with E-state index in [1.54, 1.807) is 6.20 Å². The Morgan fingerprint density at radius 1 is 1.38 bits per heavy atom. The van der Waals surface area contributed by atoms with Gasteiger partial charge in [-0.25, -0.2) is 0 Å². The molecule has 16 heavy (non-hydrogen) atoms. The van der Waals surface area contributed by atoms with Gasteiger partial charge in [0.05, 0.1) is 11.9 Å². The Kier molecular flexibility index (Phi) is 3.36. The third kappa shape index (κ3) is 2.49. The summed E-state index contributed by atoms with van der Waals surface area (Å²) in [4.78, 5) is 0. The molecule has 1 heterocycles. The van der Waals surface area contributed by atoms with E-state index in [0.717, 1.165) is 28.6 Å². The van der Waals surface area contributed by atoms with Crippen molar-refractivity contribution in [1.29, 1.82) is 5.41 Å². The van der Waals surface area contributed by atoms with Gasteiger partial charge >= 0.3 is 0 Å². The predicted molar refractivity (Wildman–Crippen MR) is 67.6 cm³/mol. The van der Waals surface area contributed by atoms with E-state index in [0.29, 0.717) is 0 Å². The van der Waals surface area contributed by atoms with E-state index >= 15 is 0 Å². The zero-order chi connectivity index (χ0) is 11.4. The van der Waals surface area contributed by atoms with Crippen molar-refractivity contribution in [2.24, 2.45) is 5.73 Å². The van der Waals surface area contributed by atoms with E-state index < -0.39 is 0 Å². The van der Waals surface area contributed by atoms with E-state index in [4.69, 9.17) is 11.1 Å². The summed E-state index contributed by atoms with van der Waals surface area (Å²) in [5.74, 6) is 0.762. The number of nitrogens with zero attached hydrogens (tertiary/aromatic N) is 2. The highest BCUT2D eigenvalue weighted by atomic mass is 32.2. The second-order valence-corrected chi connectivity index (χ2v) is 4.48. The molecule has 3 N–H and O–H groups in total. The van der Waals surface area contributed by atoms with Crippen LogP contribution in [0.5, 0.6) is 0 Å². The van der Waals surface area contributed by atoms with Crippen molar-refractivity contribution in [2.45, 2.75) is 6.42 Å². The van der Waals surface area contributed by atoms with Crippen molar-refractivity contribution < 1.29 is 0 Å². The summed E-state index contributed by atoms with van der Waals surface area (Å²) in [5.41, 5.74) is 6.24. The first-order valence-electron chi connectivity index (χ1n) is 4.93. The molecule has 2 aromatic rings. The van der Waals surface area contributed by atoms with Gasteiger partial charge < -0.3 is 5.73 Å². The topological polar surface area (TPSA) is 75.7 Å². The van der Waals surface area contributed by atoms with Crippen LogP contribution in [0.25, 0.3) is 10.8 Å². The molecule has 0 saturated heterocycles. The lowest BCUT2D eigenvalue weighted by Crippen LogP contribution is -2.06. The van der Waals surface area contributed by atoms with Gasteiger partial charge in [0, 0.05) is 22.9 Å². The molecule has 82 valence electrons. The van der Waals surface area contributed by atoms with Crippen LogP contribution in [0.1, 0.15) is 5.69 Å². The largest absolute Gasteiger partial charge is 0.379 e. The summed E-state index contributed by atoms with van der Waals surface area (Å²) in [6.45, 7) is 0. The molecule has 0 aliphatic heterocycles. The first-order chi connectivity index (χ1) is 7.77. The maximum atomic E-state index is 7.13. The Hall–Kier alpha value is -1.62. The number of aryl methyl sites for hydroxylation is 1. The number of amidine groups is 1. The molecule has 0 atom stereocenters. The van der Waals surface area contributed by atoms with E-state index in [9.17, 15) is 0 Å². The minimum Gasteiger partial charge on any atom is -0.379 e. The molecule has 0 fully saturated rings. The number of fused-ring (bicyclic) bond motifs is 1. The maximum absolute atomic E-state index is 7.13. The van der Waals surface area contributed by atoms with Gasteiger partial charge in [-0.05, 0) is 0 Å². The average Bonchev–Trinajstić information content (AvgIpc) is 2.29. The summed E-state index contributed by atoms with van der Waals surface area (Å²) in [6.07, 6.45) is 2.54. The number of hydrogen-bond acceptors (Lipinski definition) is 4. The van der Waals surface area contributed by atoms with Crippen LogP contribution < -0.4 is 5.73 Å². The Morgan fingerprint density at radius 3 is 3.00 bits per heavy atom. The van der Waals surface area contributed by atoms with E-state index in [2.05, 4.69) is 10.2 Å². The number of nitrogens with two attached hydrogens (primary N) is 1. The smallest absolute Gasteiger partial charge is 0.151 e. The molecule has 0 saturated carbocycles. The summed E-state index contributed by atoms with van der Waals surface area (Å²) in [7, 11) is 0. The first-order valence-corrected chi connectivity index (χ1v) is 5.92. The van der Waals surface area contributed by atoms with Crippen LogP contribution in [-0.4, -0.2) is 21.1 Å². The van der Waals surface area contributed by atoms with Crippen LogP contribution in [0.2, 0.25) is 0 Å². The van der Waals surface area contributed by atoms with E-state index in [1.165, 1.54) is 11.8 Å². The van der Waals surface area contributed by atoms with Crippen LogP contribution >= 0.6 is 11.8 Å². The van der Waals surface area contributed by atoms with Crippen LogP contribution in [-0.2, 0) is 6.42 Å². The fourth-order valence-electron chi connectivity index (χ4n) is 1.53. The number of aromatic nitrogens is 2. The summed E-state index contributed by atoms with van der Waals surface area (Å²) in [5, 5.41) is 17.6. The standard InChI is InChI=1S/C11H12N4S/c12-11(13)16-6-5-10-9-4-2-1-3-8(9)7-14-15-10/h1-4,7H,5-6H2,(H3,12,13). The molecule has 0 aliphatic rings. The summed E-state index contributed by atoms with van der Waals surface area (Å²) < 4.78 is 0. The van der Waals surface area contributed by atoms with Gasteiger partial charge in [-0.3, -0.25) is 5.41 Å². The Morgan fingerprint density at radius 2 is 2.19 bits per heavy atom. The summed E-state index contributed by atoms with van der Waals surface area (Å²) in [6, 6.07) is 8.03. The highest BCUT2D eigenvalue weighted by molar-refractivity contribution is 8.13. The van der Waals surface area contributed by atoms with Crippen molar-refractivity contribution in [3.05, 3.63) is 36.2 Å². The van der Waals surface area contributed by atoms with Gasteiger partial charge in [-0.1, -0.05) is 36.0 Å². The maximum Gasteiger partial charge on any atom is 0.151 e. The van der Waals surface area contributed by atoms with Gasteiger partial charge in [0.1, 0.15) is 0 Å². The van der Waals surface area contributed by atoms with Gasteiger partial charge in [-0.2, -0.15) is 10.2 Å². The molecule has 0 radical (unpaired) electrons. The quantitative estimate of drug-likeness (QED) is 0.625. The molecule has 5 heteroatoms. The molecule has 0 unspecified atom stereocenters. The average molecular weight is 232 g/mol. The van der Waals surface area contributed by atoms with Crippen molar-refractivity contribution >= 4 is 27.7 Å². The zero-order valence-corrected chi connectivity index (χ0v) is 9.50. The molecule has 2 rings (SSSR count). The third-order valence-corrected chi connectivity index (χ3v) is 2.96. The second kappa shape index (κ2) is 4.94. The molecule has 0 spiro atoms. The van der Waals surface area contributed by atoms with Crippen molar-refractivity contribution in [2.75, 3.05) is 5.75 Å². The molecule has 0 amide bonds. The van der Waals surface area contributed by atoms with Crippen LogP contribution in [0.3, 0.4) is 0 Å². The predicted octanol–water partition coefficient (Wildman–Crippen LogP) is 1.80. The Bertz CT molecular complexity index is 507. The zero-order valence-electron chi connectivity index (χ0n) is 8.68. The lowest BCUT2D eigenvalue weighted by atomic mass is 10.1. The minimum atomic E-state index is 0.146. The minimum absolute atomic E-state index is 0.146. The van der Waals surface area contributed by atoms with Crippen molar-refractivity contribution in [1.82, 2.24) is 10.2 Å². The number of thioether (sulfide) groups is 1. The molecule has 0 bridgehead atoms. The highest BCUT2D eigenvalue weighted by Crippen LogP contribution is 2.16. The number of rotatable bonds is 3. The highest BCUT2D eigenvalue weighted by Gasteiger charge is 2.03. The van der Waals surface area contributed by atoms with Crippen LogP contribution in [0, 0.1) is 5.41 Å². The fraction of sp³-hybridized carbons (Fsp3) is 0.182. The third-order valence-electron chi connectivity index (χ3n) is 2.24. The van der Waals surface area contributed by atoms with Gasteiger partial charge in [0.15, 0.2) is 5.17 Å². The van der Waals surface area contributed by atoms with Gasteiger partial charge in [0.2, 0.25) is 0 Å². The van der Waals surface area contributed by atoms with E-state index in [-0.39, 0.29) is 5.17 Å². The van der Waals surface area contributed by atoms with Crippen molar-refractivity contribution in [3.63, 3.8) is 0 Å². The molecule has 1 aromatic carbocycles. The second-order valence-electron chi connectivity index (χ2n) is 3.34.